The van der Waals surface area contributed by atoms with Crippen LogP contribution in [0.1, 0.15) is 35.7 Å². The maximum absolute atomic E-state index is 11.4. The lowest BCUT2D eigenvalue weighted by Crippen LogP contribution is -2.47. The van der Waals surface area contributed by atoms with E-state index in [0.717, 1.165) is 51.5 Å². The molecule has 7 heteroatoms. The Hall–Kier alpha value is -1.35. The molecule has 1 aliphatic rings. The first-order valence-electron chi connectivity index (χ1n) is 8.92. The molecule has 146 valence electrons. The lowest BCUT2D eigenvalue weighted by atomic mass is 10.1. The first-order valence-corrected chi connectivity index (χ1v) is 8.92. The van der Waals surface area contributed by atoms with Gasteiger partial charge in [-0.3, -0.25) is 4.99 Å². The van der Waals surface area contributed by atoms with Gasteiger partial charge in [-0.25, -0.2) is 4.79 Å². The standard InChI is InChI=1S/C19H29N3O3.HI/c1-4-25-17-10-13-22(14-11-17)19(20-2)21-12-9-15-5-7-16(8-6-15)18(23)24-3;/h5-8,17H,4,9-14H2,1-3H3,(H,20,21);1H. The van der Waals surface area contributed by atoms with Crippen molar-refractivity contribution in [3.8, 4) is 0 Å². The van der Waals surface area contributed by atoms with Crippen LogP contribution in [0.5, 0.6) is 0 Å². The molecule has 0 aromatic heterocycles. The molecule has 0 spiro atoms. The van der Waals surface area contributed by atoms with E-state index in [1.807, 2.05) is 26.1 Å². The first-order chi connectivity index (χ1) is 12.2. The minimum Gasteiger partial charge on any atom is -0.465 e. The Morgan fingerprint density at radius 3 is 2.46 bits per heavy atom. The molecule has 0 aliphatic carbocycles. The predicted molar refractivity (Wildman–Crippen MR) is 114 cm³/mol. The quantitative estimate of drug-likeness (QED) is 0.297. The number of hydrogen-bond acceptors (Lipinski definition) is 4. The first kappa shape index (κ1) is 22.7. The SMILES string of the molecule is CCOC1CCN(C(=NC)NCCc2ccc(C(=O)OC)cc2)CC1.I. The van der Waals surface area contributed by atoms with Crippen LogP contribution >= 0.6 is 24.0 Å². The highest BCUT2D eigenvalue weighted by Crippen LogP contribution is 2.13. The molecule has 26 heavy (non-hydrogen) atoms. The number of aliphatic imine (C=N–C) groups is 1. The van der Waals surface area contributed by atoms with Crippen LogP contribution in [0.15, 0.2) is 29.3 Å². The second-order valence-electron chi connectivity index (χ2n) is 6.05. The Morgan fingerprint density at radius 2 is 1.92 bits per heavy atom. The fraction of sp³-hybridized carbons (Fsp3) is 0.579. The molecule has 1 saturated heterocycles. The highest BCUT2D eigenvalue weighted by molar-refractivity contribution is 14.0. The minimum absolute atomic E-state index is 0. The van der Waals surface area contributed by atoms with Gasteiger partial charge in [-0.1, -0.05) is 12.1 Å². The summed E-state index contributed by atoms with van der Waals surface area (Å²) in [6.07, 6.45) is 3.34. The Morgan fingerprint density at radius 1 is 1.27 bits per heavy atom. The summed E-state index contributed by atoms with van der Waals surface area (Å²) in [7, 11) is 3.21. The third-order valence-electron chi connectivity index (χ3n) is 4.43. The molecule has 1 aliphatic heterocycles. The van der Waals surface area contributed by atoms with Gasteiger partial charge in [0.15, 0.2) is 5.96 Å². The molecule has 0 amide bonds. The van der Waals surface area contributed by atoms with Crippen LogP contribution in [-0.2, 0) is 15.9 Å². The number of piperidine rings is 1. The molecule has 0 radical (unpaired) electrons. The maximum atomic E-state index is 11.4. The average Bonchev–Trinajstić information content (AvgIpc) is 2.66. The van der Waals surface area contributed by atoms with Crippen molar-refractivity contribution in [3.05, 3.63) is 35.4 Å². The van der Waals surface area contributed by atoms with Crippen molar-refractivity contribution in [1.82, 2.24) is 10.2 Å². The van der Waals surface area contributed by atoms with E-state index in [4.69, 9.17) is 9.47 Å². The summed E-state index contributed by atoms with van der Waals surface area (Å²) >= 11 is 0. The Labute approximate surface area is 173 Å². The molecule has 1 fully saturated rings. The average molecular weight is 475 g/mol. The number of ether oxygens (including phenoxy) is 2. The Kier molecular flexibility index (Phi) is 10.6. The van der Waals surface area contributed by atoms with Gasteiger partial charge in [-0.2, -0.15) is 0 Å². The van der Waals surface area contributed by atoms with E-state index in [1.54, 1.807) is 12.1 Å². The molecule has 0 saturated carbocycles. The van der Waals surface area contributed by atoms with Crippen molar-refractivity contribution in [2.75, 3.05) is 40.4 Å². The van der Waals surface area contributed by atoms with Crippen LogP contribution in [0.25, 0.3) is 0 Å². The number of likely N-dealkylation sites (tertiary alicyclic amines) is 1. The van der Waals surface area contributed by atoms with E-state index in [1.165, 1.54) is 12.7 Å². The maximum Gasteiger partial charge on any atom is 0.337 e. The third-order valence-corrected chi connectivity index (χ3v) is 4.43. The van der Waals surface area contributed by atoms with E-state index >= 15 is 0 Å². The number of nitrogens with zero attached hydrogens (tertiary/aromatic N) is 2. The number of guanidine groups is 1. The lowest BCUT2D eigenvalue weighted by molar-refractivity contribution is 0.0264. The Balaban J connectivity index is 0.00000338. The number of methoxy groups -OCH3 is 1. The second-order valence-corrected chi connectivity index (χ2v) is 6.05. The molecule has 0 bridgehead atoms. The number of nitrogens with one attached hydrogen (secondary N) is 1. The summed E-state index contributed by atoms with van der Waals surface area (Å²) in [6.45, 7) is 5.57. The molecule has 1 heterocycles. The van der Waals surface area contributed by atoms with Crippen molar-refractivity contribution in [2.24, 2.45) is 4.99 Å². The molecule has 1 aromatic carbocycles. The Bertz CT molecular complexity index is 570. The molecule has 1 aromatic rings. The zero-order valence-electron chi connectivity index (χ0n) is 15.9. The summed E-state index contributed by atoms with van der Waals surface area (Å²) in [6, 6.07) is 7.53. The van der Waals surface area contributed by atoms with Gasteiger partial charge in [-0.15, -0.1) is 24.0 Å². The number of carbonyl (C=O) groups excluding carboxylic acids is 1. The summed E-state index contributed by atoms with van der Waals surface area (Å²) in [5.41, 5.74) is 1.75. The minimum atomic E-state index is -0.305. The highest BCUT2D eigenvalue weighted by atomic mass is 127. The van der Waals surface area contributed by atoms with Gasteiger partial charge in [-0.05, 0) is 43.9 Å². The van der Waals surface area contributed by atoms with Crippen molar-refractivity contribution in [1.29, 1.82) is 0 Å². The van der Waals surface area contributed by atoms with Crippen LogP contribution in [0, 0.1) is 0 Å². The van der Waals surface area contributed by atoms with Gasteiger partial charge in [0.2, 0.25) is 0 Å². The van der Waals surface area contributed by atoms with E-state index < -0.39 is 0 Å². The number of rotatable bonds is 6. The number of carbonyl (C=O) groups is 1. The largest absolute Gasteiger partial charge is 0.465 e. The van der Waals surface area contributed by atoms with Crippen molar-refractivity contribution < 1.29 is 14.3 Å². The van der Waals surface area contributed by atoms with Gasteiger partial charge in [0.05, 0.1) is 18.8 Å². The molecule has 0 atom stereocenters. The number of hydrogen-bond donors (Lipinski definition) is 1. The topological polar surface area (TPSA) is 63.2 Å². The lowest BCUT2D eigenvalue weighted by Gasteiger charge is -2.34. The second kappa shape index (κ2) is 12.1. The van der Waals surface area contributed by atoms with Gasteiger partial charge in [0, 0.05) is 33.3 Å². The smallest absolute Gasteiger partial charge is 0.337 e. The van der Waals surface area contributed by atoms with E-state index in [9.17, 15) is 4.79 Å². The van der Waals surface area contributed by atoms with E-state index in [-0.39, 0.29) is 29.9 Å². The van der Waals surface area contributed by atoms with Crippen LogP contribution in [0.2, 0.25) is 0 Å². The van der Waals surface area contributed by atoms with Crippen LogP contribution < -0.4 is 5.32 Å². The van der Waals surface area contributed by atoms with Gasteiger partial charge in [0.25, 0.3) is 0 Å². The molecule has 2 rings (SSSR count). The fourth-order valence-electron chi connectivity index (χ4n) is 3.05. The zero-order chi connectivity index (χ0) is 18.1. The van der Waals surface area contributed by atoms with Crippen LogP contribution in [-0.4, -0.2) is 63.3 Å². The summed E-state index contributed by atoms with van der Waals surface area (Å²) < 4.78 is 10.4. The van der Waals surface area contributed by atoms with E-state index in [2.05, 4.69) is 15.2 Å². The monoisotopic (exact) mass is 475 g/mol. The third kappa shape index (κ3) is 6.75. The van der Waals surface area contributed by atoms with Crippen molar-refractivity contribution in [3.63, 3.8) is 0 Å². The molecular formula is C19H30IN3O3. The zero-order valence-corrected chi connectivity index (χ0v) is 18.2. The summed E-state index contributed by atoms with van der Waals surface area (Å²) in [5.74, 6) is 0.640. The molecule has 0 unspecified atom stereocenters. The summed E-state index contributed by atoms with van der Waals surface area (Å²) in [4.78, 5) is 18.1. The van der Waals surface area contributed by atoms with Gasteiger partial charge in [0.1, 0.15) is 0 Å². The van der Waals surface area contributed by atoms with Crippen molar-refractivity contribution in [2.45, 2.75) is 32.3 Å². The number of esters is 1. The van der Waals surface area contributed by atoms with Crippen LogP contribution in [0.4, 0.5) is 0 Å². The number of benzene rings is 1. The van der Waals surface area contributed by atoms with Gasteiger partial charge < -0.3 is 19.7 Å². The van der Waals surface area contributed by atoms with Crippen LogP contribution in [0.3, 0.4) is 0 Å². The molecule has 6 nitrogen and oxygen atoms in total. The van der Waals surface area contributed by atoms with Gasteiger partial charge >= 0.3 is 5.97 Å². The fourth-order valence-corrected chi connectivity index (χ4v) is 3.05. The number of halogens is 1. The highest BCUT2D eigenvalue weighted by Gasteiger charge is 2.21. The predicted octanol–water partition coefficient (Wildman–Crippen LogP) is 2.71. The normalized spacial score (nSPS) is 15.3. The van der Waals surface area contributed by atoms with Crippen molar-refractivity contribution >= 4 is 35.9 Å². The molecule has 1 N–H and O–H groups in total. The molecular weight excluding hydrogens is 445 g/mol. The summed E-state index contributed by atoms with van der Waals surface area (Å²) in [5, 5.41) is 3.43. The van der Waals surface area contributed by atoms with E-state index in [0.29, 0.717) is 11.7 Å².